The van der Waals surface area contributed by atoms with Gasteiger partial charge in [-0.25, -0.2) is 0 Å². The molecule has 2 aromatic carbocycles. The van der Waals surface area contributed by atoms with Crippen molar-refractivity contribution in [1.29, 1.82) is 0 Å². The lowest BCUT2D eigenvalue weighted by Crippen LogP contribution is -1.94. The molecule has 1 N–H and O–H groups in total. The number of hydrogen-bond donors (Lipinski definition) is 1. The van der Waals surface area contributed by atoms with Gasteiger partial charge in [0.2, 0.25) is 0 Å². The number of hydrogen-bond acceptors (Lipinski definition) is 2. The van der Waals surface area contributed by atoms with Gasteiger partial charge in [0, 0.05) is 6.61 Å². The Bertz CT molecular complexity index is 437. The third-order valence-corrected chi connectivity index (χ3v) is 2.32. The van der Waals surface area contributed by atoms with Crippen LogP contribution in [0.4, 0.5) is 0 Å². The molecule has 0 unspecified atom stereocenters. The first-order valence-corrected chi connectivity index (χ1v) is 5.32. The van der Waals surface area contributed by atoms with Gasteiger partial charge < -0.3 is 9.84 Å². The molecule has 0 radical (unpaired) electrons. The van der Waals surface area contributed by atoms with Gasteiger partial charge in [0.25, 0.3) is 0 Å². The van der Waals surface area contributed by atoms with E-state index in [1.165, 1.54) is 0 Å². The fourth-order valence-corrected chi connectivity index (χ4v) is 1.55. The van der Waals surface area contributed by atoms with Crippen LogP contribution in [0.1, 0.15) is 5.56 Å². The van der Waals surface area contributed by atoms with Crippen molar-refractivity contribution in [3.8, 4) is 11.5 Å². The van der Waals surface area contributed by atoms with E-state index in [2.05, 4.69) is 0 Å². The van der Waals surface area contributed by atoms with Gasteiger partial charge in [0.1, 0.15) is 11.5 Å². The lowest BCUT2D eigenvalue weighted by Gasteiger charge is -2.09. The lowest BCUT2D eigenvalue weighted by atomic mass is 10.1. The van der Waals surface area contributed by atoms with E-state index in [4.69, 9.17) is 9.84 Å². The Balaban J connectivity index is 2.21. The molecule has 0 saturated carbocycles. The van der Waals surface area contributed by atoms with Crippen LogP contribution in [0.5, 0.6) is 11.5 Å². The molecule has 2 rings (SSSR count). The van der Waals surface area contributed by atoms with E-state index in [-0.39, 0.29) is 6.61 Å². The number of rotatable bonds is 4. The van der Waals surface area contributed by atoms with E-state index in [9.17, 15) is 0 Å². The molecule has 0 fully saturated rings. The Morgan fingerprint density at radius 1 is 0.875 bits per heavy atom. The normalized spacial score (nSPS) is 10.1. The molecule has 0 atom stereocenters. The number of ether oxygens (including phenoxy) is 1. The van der Waals surface area contributed by atoms with E-state index in [0.29, 0.717) is 6.42 Å². The van der Waals surface area contributed by atoms with Crippen LogP contribution in [0.25, 0.3) is 0 Å². The summed E-state index contributed by atoms with van der Waals surface area (Å²) in [4.78, 5) is 0. The highest BCUT2D eigenvalue weighted by Crippen LogP contribution is 2.24. The van der Waals surface area contributed by atoms with Crippen LogP contribution in [-0.2, 0) is 6.42 Å². The second-order valence-corrected chi connectivity index (χ2v) is 3.50. The van der Waals surface area contributed by atoms with Crippen LogP contribution in [-0.4, -0.2) is 11.7 Å². The molecule has 82 valence electrons. The van der Waals surface area contributed by atoms with Crippen molar-refractivity contribution in [2.75, 3.05) is 6.61 Å². The molecular weight excluding hydrogens is 200 g/mol. The quantitative estimate of drug-likeness (QED) is 0.847. The SMILES string of the molecule is OCCc1ccccc1Oc1ccccc1. The molecule has 2 heteroatoms. The average molecular weight is 214 g/mol. The van der Waals surface area contributed by atoms with Crippen LogP contribution < -0.4 is 4.74 Å². The minimum absolute atomic E-state index is 0.134. The Labute approximate surface area is 95.1 Å². The first kappa shape index (κ1) is 10.7. The Morgan fingerprint density at radius 3 is 2.31 bits per heavy atom. The van der Waals surface area contributed by atoms with E-state index >= 15 is 0 Å². The highest BCUT2D eigenvalue weighted by molar-refractivity contribution is 5.37. The van der Waals surface area contributed by atoms with Gasteiger partial charge in [-0.05, 0) is 30.2 Å². The Morgan fingerprint density at radius 2 is 1.56 bits per heavy atom. The monoisotopic (exact) mass is 214 g/mol. The number of aliphatic hydroxyl groups excluding tert-OH is 1. The van der Waals surface area contributed by atoms with Gasteiger partial charge in [-0.1, -0.05) is 36.4 Å². The molecular formula is C14H14O2. The standard InChI is InChI=1S/C14H14O2/c15-11-10-12-6-4-5-9-14(12)16-13-7-2-1-3-8-13/h1-9,15H,10-11H2. The van der Waals surface area contributed by atoms with Gasteiger partial charge in [0.15, 0.2) is 0 Å². The summed E-state index contributed by atoms with van der Waals surface area (Å²) in [5.74, 6) is 1.62. The maximum Gasteiger partial charge on any atom is 0.130 e. The molecule has 0 aliphatic heterocycles. The van der Waals surface area contributed by atoms with Gasteiger partial charge in [0.05, 0.1) is 0 Å². The van der Waals surface area contributed by atoms with Crippen molar-refractivity contribution >= 4 is 0 Å². The summed E-state index contributed by atoms with van der Waals surface area (Å²) >= 11 is 0. The molecule has 0 heterocycles. The zero-order chi connectivity index (χ0) is 11.2. The average Bonchev–Trinajstić information content (AvgIpc) is 2.33. The maximum atomic E-state index is 8.95. The second kappa shape index (κ2) is 5.33. The minimum Gasteiger partial charge on any atom is -0.457 e. The molecule has 0 aliphatic carbocycles. The fourth-order valence-electron chi connectivity index (χ4n) is 1.55. The molecule has 0 saturated heterocycles. The van der Waals surface area contributed by atoms with Crippen LogP contribution in [0.2, 0.25) is 0 Å². The number of benzene rings is 2. The highest BCUT2D eigenvalue weighted by atomic mass is 16.5. The van der Waals surface area contributed by atoms with Crippen molar-refractivity contribution in [2.24, 2.45) is 0 Å². The van der Waals surface area contributed by atoms with Gasteiger partial charge in [-0.2, -0.15) is 0 Å². The van der Waals surface area contributed by atoms with Crippen molar-refractivity contribution in [1.82, 2.24) is 0 Å². The summed E-state index contributed by atoms with van der Waals surface area (Å²) in [6, 6.07) is 17.4. The Hall–Kier alpha value is -1.80. The van der Waals surface area contributed by atoms with Crippen molar-refractivity contribution in [2.45, 2.75) is 6.42 Å². The summed E-state index contributed by atoms with van der Waals surface area (Å²) in [5, 5.41) is 8.95. The third-order valence-electron chi connectivity index (χ3n) is 2.32. The largest absolute Gasteiger partial charge is 0.457 e. The van der Waals surface area contributed by atoms with E-state index in [1.54, 1.807) is 0 Å². The van der Waals surface area contributed by atoms with Gasteiger partial charge in [-0.3, -0.25) is 0 Å². The van der Waals surface area contributed by atoms with E-state index in [1.807, 2.05) is 54.6 Å². The molecule has 0 bridgehead atoms. The third kappa shape index (κ3) is 2.61. The first-order chi connectivity index (χ1) is 7.90. The first-order valence-electron chi connectivity index (χ1n) is 5.32. The number of para-hydroxylation sites is 2. The zero-order valence-corrected chi connectivity index (χ0v) is 8.97. The smallest absolute Gasteiger partial charge is 0.130 e. The summed E-state index contributed by atoms with van der Waals surface area (Å²) in [5.41, 5.74) is 1.02. The van der Waals surface area contributed by atoms with Gasteiger partial charge in [-0.15, -0.1) is 0 Å². The van der Waals surface area contributed by atoms with Crippen molar-refractivity contribution in [3.05, 3.63) is 60.2 Å². The maximum absolute atomic E-state index is 8.95. The zero-order valence-electron chi connectivity index (χ0n) is 8.97. The number of aliphatic hydroxyl groups is 1. The van der Waals surface area contributed by atoms with Crippen LogP contribution >= 0.6 is 0 Å². The summed E-state index contributed by atoms with van der Waals surface area (Å²) in [6.07, 6.45) is 0.614. The molecule has 2 aromatic rings. The topological polar surface area (TPSA) is 29.5 Å². The second-order valence-electron chi connectivity index (χ2n) is 3.50. The summed E-state index contributed by atoms with van der Waals surface area (Å²) in [6.45, 7) is 0.134. The molecule has 0 aliphatic rings. The lowest BCUT2D eigenvalue weighted by molar-refractivity contribution is 0.298. The predicted molar refractivity (Wildman–Crippen MR) is 63.7 cm³/mol. The summed E-state index contributed by atoms with van der Waals surface area (Å²) in [7, 11) is 0. The van der Waals surface area contributed by atoms with Crippen LogP contribution in [0.3, 0.4) is 0 Å². The fraction of sp³-hybridized carbons (Fsp3) is 0.143. The van der Waals surface area contributed by atoms with Crippen molar-refractivity contribution in [3.63, 3.8) is 0 Å². The molecule has 0 spiro atoms. The molecule has 0 amide bonds. The minimum atomic E-state index is 0.134. The Kier molecular flexibility index (Phi) is 3.57. The summed E-state index contributed by atoms with van der Waals surface area (Å²) < 4.78 is 5.75. The molecule has 16 heavy (non-hydrogen) atoms. The highest BCUT2D eigenvalue weighted by Gasteiger charge is 2.02. The predicted octanol–water partition coefficient (Wildman–Crippen LogP) is 3.01. The van der Waals surface area contributed by atoms with Crippen LogP contribution in [0, 0.1) is 0 Å². The molecule has 2 nitrogen and oxygen atoms in total. The van der Waals surface area contributed by atoms with Gasteiger partial charge >= 0.3 is 0 Å². The van der Waals surface area contributed by atoms with E-state index in [0.717, 1.165) is 17.1 Å². The molecule has 0 aromatic heterocycles. The van der Waals surface area contributed by atoms with Crippen molar-refractivity contribution < 1.29 is 9.84 Å². The van der Waals surface area contributed by atoms with Crippen LogP contribution in [0.15, 0.2) is 54.6 Å². The van der Waals surface area contributed by atoms with E-state index < -0.39 is 0 Å².